The van der Waals surface area contributed by atoms with Gasteiger partial charge in [0.05, 0.1) is 18.1 Å². The summed E-state index contributed by atoms with van der Waals surface area (Å²) >= 11 is 0. The van der Waals surface area contributed by atoms with Gasteiger partial charge in [-0.15, -0.1) is 6.58 Å². The first-order valence-corrected chi connectivity index (χ1v) is 22.8. The van der Waals surface area contributed by atoms with E-state index in [0.29, 0.717) is 38.0 Å². The lowest BCUT2D eigenvalue weighted by Crippen LogP contribution is -2.63. The van der Waals surface area contributed by atoms with Crippen LogP contribution in [0.3, 0.4) is 0 Å². The number of rotatable bonds is 19. The highest BCUT2D eigenvalue weighted by molar-refractivity contribution is 6.74. The Balaban J connectivity index is 1.88. The second-order valence-electron chi connectivity index (χ2n) is 16.9. The van der Waals surface area contributed by atoms with Crippen LogP contribution in [-0.4, -0.2) is 74.8 Å². The Hall–Kier alpha value is -4.26. The first kappa shape index (κ1) is 46.1. The molecule has 3 rings (SSSR count). The minimum Gasteiger partial charge on any atom is -0.543 e. The molecule has 1 saturated heterocycles. The van der Waals surface area contributed by atoms with Crippen molar-refractivity contribution in [1.82, 2.24) is 26.4 Å². The van der Waals surface area contributed by atoms with Gasteiger partial charge in [0.2, 0.25) is 26.0 Å². The van der Waals surface area contributed by atoms with Crippen LogP contribution in [0.1, 0.15) is 96.9 Å². The smallest absolute Gasteiger partial charge is 0.259 e. The molecule has 1 aliphatic heterocycles. The number of benzene rings is 2. The van der Waals surface area contributed by atoms with E-state index < -0.39 is 38.3 Å². The molecular weight excluding hydrogens is 723 g/mol. The number of allylic oxidation sites excluding steroid dienone is 1. The summed E-state index contributed by atoms with van der Waals surface area (Å²) in [6, 6.07) is 12.6. The monoisotopic (exact) mass is 789 g/mol. The molecule has 1 heterocycles. The van der Waals surface area contributed by atoms with Crippen molar-refractivity contribution in [2.24, 2.45) is 11.8 Å². The Kier molecular flexibility index (Phi) is 17.1. The van der Waals surface area contributed by atoms with Crippen molar-refractivity contribution in [3.63, 3.8) is 0 Å². The Labute approximate surface area is 336 Å². The Bertz CT molecular complexity index is 1670. The van der Waals surface area contributed by atoms with Gasteiger partial charge in [0.1, 0.15) is 23.9 Å². The fourth-order valence-electron chi connectivity index (χ4n) is 6.40. The summed E-state index contributed by atoms with van der Waals surface area (Å²) in [5.41, 5.74) is 5.86. The van der Waals surface area contributed by atoms with Gasteiger partial charge in [-0.2, -0.15) is 0 Å². The van der Waals surface area contributed by atoms with Gasteiger partial charge in [-0.25, -0.2) is 5.43 Å². The average Bonchev–Trinajstić information content (AvgIpc) is 3.15. The summed E-state index contributed by atoms with van der Waals surface area (Å²) in [5, 5.41) is 10.4. The predicted molar refractivity (Wildman–Crippen MR) is 227 cm³/mol. The van der Waals surface area contributed by atoms with Gasteiger partial charge in [0.15, 0.2) is 0 Å². The molecule has 308 valence electrons. The van der Waals surface area contributed by atoms with Crippen molar-refractivity contribution in [3.8, 4) is 5.75 Å². The molecular formula is C44H67N5O6Si. The number of hydrogen-bond acceptors (Lipinski definition) is 7. The molecule has 0 aliphatic carbocycles. The maximum atomic E-state index is 14.5. The average molecular weight is 790 g/mol. The third-order valence-electron chi connectivity index (χ3n) is 11.1. The molecule has 1 aliphatic rings. The second-order valence-corrected chi connectivity index (χ2v) is 21.6. The SMILES string of the molecule is C=CCCC(OC)C(C)C(=O)NC(C(=O)NC(Cc1cccc(O[Si](C)(C)C(C)(C)C)c1)C(=O)N1CCCC(C(=O)NC(C)c2cccc(C=C)c2)N1)C(C)C. The first-order valence-electron chi connectivity index (χ1n) is 19.9. The molecule has 0 radical (unpaired) electrons. The molecule has 12 heteroatoms. The lowest BCUT2D eigenvalue weighted by molar-refractivity contribution is -0.144. The van der Waals surface area contributed by atoms with Gasteiger partial charge in [-0.1, -0.05) is 90.6 Å². The molecule has 2 aromatic rings. The number of ether oxygens (including phenoxy) is 1. The van der Waals surface area contributed by atoms with E-state index in [1.54, 1.807) is 26.2 Å². The number of hydrogen-bond donors (Lipinski definition) is 4. The summed E-state index contributed by atoms with van der Waals surface area (Å²) in [5.74, 6) is -1.51. The highest BCUT2D eigenvalue weighted by Crippen LogP contribution is 2.37. The predicted octanol–water partition coefficient (Wildman–Crippen LogP) is 6.87. The fourth-order valence-corrected chi connectivity index (χ4v) is 7.42. The quantitative estimate of drug-likeness (QED) is 0.0901. The third kappa shape index (κ3) is 12.9. The number of amides is 4. The summed E-state index contributed by atoms with van der Waals surface area (Å²) in [6.45, 7) is 26.2. The van der Waals surface area contributed by atoms with Gasteiger partial charge in [0.25, 0.3) is 5.91 Å². The maximum Gasteiger partial charge on any atom is 0.259 e. The number of nitrogens with one attached hydrogen (secondary N) is 4. The van der Waals surface area contributed by atoms with E-state index in [2.05, 4.69) is 68.4 Å². The molecule has 56 heavy (non-hydrogen) atoms. The minimum atomic E-state index is -2.16. The van der Waals surface area contributed by atoms with E-state index in [1.165, 1.54) is 5.01 Å². The third-order valence-corrected chi connectivity index (χ3v) is 15.4. The van der Waals surface area contributed by atoms with E-state index in [-0.39, 0.29) is 47.2 Å². The molecule has 6 unspecified atom stereocenters. The molecule has 6 atom stereocenters. The van der Waals surface area contributed by atoms with Crippen LogP contribution >= 0.6 is 0 Å². The van der Waals surface area contributed by atoms with Crippen LogP contribution in [0.25, 0.3) is 6.08 Å². The fraction of sp³-hybridized carbons (Fsp3) is 0.545. The van der Waals surface area contributed by atoms with Gasteiger partial charge in [-0.3, -0.25) is 24.2 Å². The molecule has 1 fully saturated rings. The lowest BCUT2D eigenvalue weighted by atomic mass is 9.96. The highest BCUT2D eigenvalue weighted by atomic mass is 28.4. The number of carbonyl (C=O) groups excluding carboxylic acids is 4. The van der Waals surface area contributed by atoms with Crippen molar-refractivity contribution < 1.29 is 28.3 Å². The van der Waals surface area contributed by atoms with E-state index in [1.807, 2.05) is 69.3 Å². The molecule has 4 amide bonds. The van der Waals surface area contributed by atoms with Gasteiger partial charge in [0, 0.05) is 20.1 Å². The van der Waals surface area contributed by atoms with Crippen LogP contribution in [0.4, 0.5) is 0 Å². The van der Waals surface area contributed by atoms with Gasteiger partial charge >= 0.3 is 0 Å². The van der Waals surface area contributed by atoms with Crippen LogP contribution in [0.2, 0.25) is 18.1 Å². The Morgan fingerprint density at radius 1 is 0.982 bits per heavy atom. The van der Waals surface area contributed by atoms with E-state index >= 15 is 0 Å². The van der Waals surface area contributed by atoms with Crippen LogP contribution in [0, 0.1) is 11.8 Å². The number of hydrazine groups is 1. The highest BCUT2D eigenvalue weighted by Gasteiger charge is 2.39. The van der Waals surface area contributed by atoms with Crippen LogP contribution in [0.5, 0.6) is 5.75 Å². The molecule has 0 aromatic heterocycles. The zero-order valence-corrected chi connectivity index (χ0v) is 36.4. The van der Waals surface area contributed by atoms with Crippen LogP contribution < -0.4 is 25.8 Å². The normalized spacial score (nSPS) is 17.5. The Morgan fingerprint density at radius 2 is 1.68 bits per heavy atom. The second kappa shape index (κ2) is 20.8. The number of carbonyl (C=O) groups is 4. The molecule has 2 aromatic carbocycles. The van der Waals surface area contributed by atoms with E-state index in [0.717, 1.165) is 16.7 Å². The summed E-state index contributed by atoms with van der Waals surface area (Å²) in [4.78, 5) is 55.6. The zero-order valence-electron chi connectivity index (χ0n) is 35.4. The molecule has 0 spiro atoms. The first-order chi connectivity index (χ1) is 26.3. The van der Waals surface area contributed by atoms with Crippen LogP contribution in [-0.2, 0) is 30.3 Å². The largest absolute Gasteiger partial charge is 0.543 e. The topological polar surface area (TPSA) is 138 Å². The van der Waals surface area contributed by atoms with Crippen molar-refractivity contribution in [2.75, 3.05) is 13.7 Å². The zero-order chi connectivity index (χ0) is 41.8. The van der Waals surface area contributed by atoms with Gasteiger partial charge < -0.3 is 25.1 Å². The van der Waals surface area contributed by atoms with Crippen molar-refractivity contribution in [3.05, 3.63) is 84.5 Å². The Morgan fingerprint density at radius 3 is 2.30 bits per heavy atom. The summed E-state index contributed by atoms with van der Waals surface area (Å²) < 4.78 is 12.2. The number of methoxy groups -OCH3 is 1. The molecule has 4 N–H and O–H groups in total. The van der Waals surface area contributed by atoms with Crippen molar-refractivity contribution in [2.45, 2.75) is 129 Å². The van der Waals surface area contributed by atoms with E-state index in [9.17, 15) is 19.2 Å². The van der Waals surface area contributed by atoms with Crippen LogP contribution in [0.15, 0.2) is 67.8 Å². The van der Waals surface area contributed by atoms with Gasteiger partial charge in [-0.05, 0) is 91.5 Å². The summed E-state index contributed by atoms with van der Waals surface area (Å²) in [6.07, 6.45) is 5.77. The molecule has 0 saturated carbocycles. The summed E-state index contributed by atoms with van der Waals surface area (Å²) in [7, 11) is -0.595. The minimum absolute atomic E-state index is 0.0195. The van der Waals surface area contributed by atoms with Crippen molar-refractivity contribution >= 4 is 38.0 Å². The maximum absolute atomic E-state index is 14.5. The van der Waals surface area contributed by atoms with E-state index in [4.69, 9.17) is 9.16 Å². The van der Waals surface area contributed by atoms with Crippen molar-refractivity contribution in [1.29, 1.82) is 0 Å². The number of nitrogens with zero attached hydrogens (tertiary/aromatic N) is 1. The molecule has 11 nitrogen and oxygen atoms in total. The lowest BCUT2D eigenvalue weighted by Gasteiger charge is -2.37. The molecule has 0 bridgehead atoms. The standard InChI is InChI=1S/C44H67N5O6Si/c1-13-15-24-38(54-10)30(5)40(50)47-39(29(3)4)42(52)46-37(28-33-20-17-22-35(27-33)55-56(11,12)44(7,8)9)43(53)49-25-18-23-36(48-49)41(51)45-31(6)34-21-16-19-32(14-2)26-34/h13-14,16-17,19-22,26-27,29-31,36-39,48H,1-2,15,18,23-25,28H2,3-12H3,(H,45,51)(H,46,52)(H,47,50).